The first-order valence-corrected chi connectivity index (χ1v) is 10.9. The first-order valence-electron chi connectivity index (χ1n) is 10.9. The van der Waals surface area contributed by atoms with Crippen LogP contribution in [0.5, 0.6) is 5.75 Å². The predicted octanol–water partition coefficient (Wildman–Crippen LogP) is 1.89. The van der Waals surface area contributed by atoms with Crippen molar-refractivity contribution in [3.63, 3.8) is 0 Å². The highest BCUT2D eigenvalue weighted by molar-refractivity contribution is 6.09. The van der Waals surface area contributed by atoms with Gasteiger partial charge in [0.25, 0.3) is 5.91 Å². The van der Waals surface area contributed by atoms with Crippen molar-refractivity contribution in [2.45, 2.75) is 38.1 Å². The highest BCUT2D eigenvalue weighted by atomic mass is 16.5. The third-order valence-electron chi connectivity index (χ3n) is 6.54. The van der Waals surface area contributed by atoms with Crippen molar-refractivity contribution in [1.29, 1.82) is 0 Å². The van der Waals surface area contributed by atoms with Gasteiger partial charge in [-0.2, -0.15) is 5.10 Å². The highest BCUT2D eigenvalue weighted by Gasteiger charge is 2.43. The number of hydrogen-bond donors (Lipinski definition) is 2. The monoisotopic (exact) mass is 435 g/mol. The van der Waals surface area contributed by atoms with Gasteiger partial charge in [-0.05, 0) is 26.0 Å². The number of rotatable bonds is 3. The van der Waals surface area contributed by atoms with E-state index in [0.29, 0.717) is 36.6 Å². The van der Waals surface area contributed by atoms with Crippen LogP contribution in [0.1, 0.15) is 29.8 Å². The molecule has 166 valence electrons. The molecule has 3 aromatic rings. The van der Waals surface area contributed by atoms with Crippen LogP contribution >= 0.6 is 0 Å². The Morgan fingerprint density at radius 3 is 3.03 bits per heavy atom. The summed E-state index contributed by atoms with van der Waals surface area (Å²) in [5.74, 6) is 0.612. The van der Waals surface area contributed by atoms with Crippen molar-refractivity contribution >= 4 is 22.9 Å². The van der Waals surface area contributed by atoms with Gasteiger partial charge >= 0.3 is 0 Å². The number of aliphatic hydroxyl groups is 1. The number of benzene rings is 1. The molecule has 5 heterocycles. The van der Waals surface area contributed by atoms with Crippen LogP contribution in [0.15, 0.2) is 36.8 Å². The molecule has 0 spiro atoms. The van der Waals surface area contributed by atoms with E-state index < -0.39 is 6.10 Å². The van der Waals surface area contributed by atoms with Crippen LogP contribution in [0.4, 0.5) is 11.4 Å². The largest absolute Gasteiger partial charge is 0.487 e. The number of hydrogen-bond acceptors (Lipinski definition) is 7. The lowest BCUT2D eigenvalue weighted by molar-refractivity contribution is 0.0364. The number of nitrogens with zero attached hydrogens (tertiary/aromatic N) is 4. The lowest BCUT2D eigenvalue weighted by Crippen LogP contribution is -2.48. The van der Waals surface area contributed by atoms with E-state index in [1.807, 2.05) is 12.1 Å². The molecule has 3 atom stereocenters. The fourth-order valence-electron chi connectivity index (χ4n) is 5.02. The van der Waals surface area contributed by atoms with Crippen molar-refractivity contribution < 1.29 is 19.4 Å². The van der Waals surface area contributed by atoms with Crippen LogP contribution in [0.3, 0.4) is 0 Å². The fraction of sp³-hybridized carbons (Fsp3) is 0.435. The third-order valence-corrected chi connectivity index (χ3v) is 6.54. The number of amides is 1. The Kier molecular flexibility index (Phi) is 4.22. The summed E-state index contributed by atoms with van der Waals surface area (Å²) in [6.45, 7) is 5.87. The second-order valence-corrected chi connectivity index (χ2v) is 9.44. The molecule has 3 aliphatic rings. The van der Waals surface area contributed by atoms with Crippen LogP contribution in [0, 0.1) is 5.92 Å². The smallest absolute Gasteiger partial charge is 0.261 e. The van der Waals surface area contributed by atoms with Crippen molar-refractivity contribution in [1.82, 2.24) is 14.6 Å². The van der Waals surface area contributed by atoms with Gasteiger partial charge in [0, 0.05) is 49.5 Å². The van der Waals surface area contributed by atoms with Gasteiger partial charge in [-0.25, -0.2) is 9.50 Å². The first kappa shape index (κ1) is 19.5. The summed E-state index contributed by atoms with van der Waals surface area (Å²) in [6.07, 6.45) is 5.02. The summed E-state index contributed by atoms with van der Waals surface area (Å²) in [4.78, 5) is 19.7. The van der Waals surface area contributed by atoms with Crippen LogP contribution in [0.2, 0.25) is 0 Å². The molecule has 2 aromatic heterocycles. The summed E-state index contributed by atoms with van der Waals surface area (Å²) >= 11 is 0. The summed E-state index contributed by atoms with van der Waals surface area (Å²) in [5, 5.41) is 17.7. The number of aliphatic hydroxyl groups excluding tert-OH is 1. The number of anilines is 2. The zero-order chi connectivity index (χ0) is 22.0. The average molecular weight is 435 g/mol. The molecule has 0 aliphatic carbocycles. The van der Waals surface area contributed by atoms with Gasteiger partial charge in [0.2, 0.25) is 0 Å². The summed E-state index contributed by atoms with van der Waals surface area (Å²) in [5.41, 5.74) is 3.25. The Balaban J connectivity index is 1.37. The van der Waals surface area contributed by atoms with E-state index in [-0.39, 0.29) is 23.5 Å². The maximum Gasteiger partial charge on any atom is 0.261 e. The second-order valence-electron chi connectivity index (χ2n) is 9.44. The second kappa shape index (κ2) is 6.91. The SMILES string of the molecule is CC1(C)Cc2cc(NC(=O)c3cnn4cccnc34)c(N3CC4COC(C3)C4O)cc2O1. The van der Waals surface area contributed by atoms with Crippen LogP contribution < -0.4 is 15.0 Å². The Bertz CT molecular complexity index is 1210. The lowest BCUT2D eigenvalue weighted by Gasteiger charge is -2.36. The molecule has 2 bridgehead atoms. The van der Waals surface area contributed by atoms with E-state index >= 15 is 0 Å². The highest BCUT2D eigenvalue weighted by Crippen LogP contribution is 2.43. The van der Waals surface area contributed by atoms with E-state index in [9.17, 15) is 9.90 Å². The Morgan fingerprint density at radius 2 is 2.19 bits per heavy atom. The molecule has 9 nitrogen and oxygen atoms in total. The van der Waals surface area contributed by atoms with E-state index in [4.69, 9.17) is 9.47 Å². The van der Waals surface area contributed by atoms with Gasteiger partial charge in [-0.15, -0.1) is 0 Å². The van der Waals surface area contributed by atoms with Gasteiger partial charge in [0.1, 0.15) is 23.0 Å². The van der Waals surface area contributed by atoms with E-state index in [0.717, 1.165) is 23.4 Å². The standard InChI is InChI=1S/C23H25N5O4/c1-23(2)8-13-6-16(26-22(30)15-9-25-28-5-3-4-24-21(15)28)17(7-18(13)32-23)27-10-14-12-31-19(11-27)20(14)29/h3-7,9,14,19-20,29H,8,10-12H2,1-2H3,(H,26,30). The Morgan fingerprint density at radius 1 is 1.31 bits per heavy atom. The van der Waals surface area contributed by atoms with Gasteiger partial charge in [0.15, 0.2) is 5.65 Å². The first-order chi connectivity index (χ1) is 15.4. The number of ether oxygens (including phenoxy) is 2. The maximum absolute atomic E-state index is 13.2. The maximum atomic E-state index is 13.2. The summed E-state index contributed by atoms with van der Waals surface area (Å²) in [6, 6.07) is 5.78. The lowest BCUT2D eigenvalue weighted by atomic mass is 9.95. The number of fused-ring (bicyclic) bond motifs is 4. The molecule has 2 N–H and O–H groups in total. The molecular weight excluding hydrogens is 410 g/mol. The summed E-state index contributed by atoms with van der Waals surface area (Å²) < 4.78 is 13.5. The van der Waals surface area contributed by atoms with Gasteiger partial charge in [-0.3, -0.25) is 4.79 Å². The molecule has 3 aliphatic heterocycles. The third kappa shape index (κ3) is 3.11. The van der Waals surface area contributed by atoms with Crippen LogP contribution in [-0.2, 0) is 11.2 Å². The molecule has 1 aromatic carbocycles. The number of carbonyl (C=O) groups excluding carboxylic acids is 1. The molecule has 3 unspecified atom stereocenters. The molecule has 1 amide bonds. The van der Waals surface area contributed by atoms with E-state index in [1.165, 1.54) is 6.20 Å². The number of piperidine rings is 1. The van der Waals surface area contributed by atoms with E-state index in [1.54, 1.807) is 23.0 Å². The van der Waals surface area contributed by atoms with Crippen LogP contribution in [0.25, 0.3) is 5.65 Å². The number of aromatic nitrogens is 3. The average Bonchev–Trinajstić information content (AvgIpc) is 3.36. The normalized spacial score (nSPS) is 25.6. The minimum atomic E-state index is -0.446. The number of carbonyl (C=O) groups is 1. The van der Waals surface area contributed by atoms with Crippen molar-refractivity contribution in [2.24, 2.45) is 5.92 Å². The molecule has 2 fully saturated rings. The Labute approximate surface area is 185 Å². The molecule has 9 heteroatoms. The molecule has 32 heavy (non-hydrogen) atoms. The van der Waals surface area contributed by atoms with E-state index in [2.05, 4.69) is 34.1 Å². The molecule has 2 saturated heterocycles. The summed E-state index contributed by atoms with van der Waals surface area (Å²) in [7, 11) is 0. The molecule has 0 radical (unpaired) electrons. The van der Waals surface area contributed by atoms with Crippen molar-refractivity contribution in [3.8, 4) is 5.75 Å². The molecular formula is C23H25N5O4. The zero-order valence-electron chi connectivity index (χ0n) is 18.0. The van der Waals surface area contributed by atoms with Gasteiger partial charge in [0.05, 0.1) is 30.3 Å². The van der Waals surface area contributed by atoms with Gasteiger partial charge in [-0.1, -0.05) is 0 Å². The predicted molar refractivity (Wildman–Crippen MR) is 117 cm³/mol. The topological polar surface area (TPSA) is 101 Å². The zero-order valence-corrected chi connectivity index (χ0v) is 18.0. The Hall–Kier alpha value is -3.17. The fourth-order valence-corrected chi connectivity index (χ4v) is 5.02. The minimum absolute atomic E-state index is 0.0479. The number of nitrogens with one attached hydrogen (secondary N) is 1. The van der Waals surface area contributed by atoms with Gasteiger partial charge < -0.3 is 24.8 Å². The van der Waals surface area contributed by atoms with Crippen molar-refractivity contribution in [2.75, 3.05) is 29.9 Å². The van der Waals surface area contributed by atoms with Crippen LogP contribution in [-0.4, -0.2) is 63.1 Å². The minimum Gasteiger partial charge on any atom is -0.487 e. The quantitative estimate of drug-likeness (QED) is 0.648. The molecule has 0 saturated carbocycles. The molecule has 6 rings (SSSR count). The van der Waals surface area contributed by atoms with Crippen molar-refractivity contribution in [3.05, 3.63) is 47.9 Å².